The monoisotopic (exact) mass is 423 g/mol. The summed E-state index contributed by atoms with van der Waals surface area (Å²) in [6, 6.07) is 8.21. The quantitative estimate of drug-likeness (QED) is 0.688. The highest BCUT2D eigenvalue weighted by molar-refractivity contribution is 5.95. The van der Waals surface area contributed by atoms with E-state index in [1.54, 1.807) is 13.2 Å². The lowest BCUT2D eigenvalue weighted by molar-refractivity contribution is 0.0563. The summed E-state index contributed by atoms with van der Waals surface area (Å²) in [5.74, 6) is 0.383. The van der Waals surface area contributed by atoms with Crippen LogP contribution in [0.25, 0.3) is 0 Å². The van der Waals surface area contributed by atoms with Gasteiger partial charge in [0.2, 0.25) is 0 Å². The lowest BCUT2D eigenvalue weighted by Crippen LogP contribution is -2.49. The van der Waals surface area contributed by atoms with Crippen LogP contribution in [0.1, 0.15) is 56.9 Å². The van der Waals surface area contributed by atoms with Crippen LogP contribution in [0, 0.1) is 13.8 Å². The number of pyridine rings is 1. The van der Waals surface area contributed by atoms with Gasteiger partial charge >= 0.3 is 5.97 Å². The number of likely N-dealkylation sites (tertiary alicyclic amines) is 2. The summed E-state index contributed by atoms with van der Waals surface area (Å²) in [7, 11) is 3.01. The molecule has 2 aromatic rings. The number of piperazine rings is 1. The van der Waals surface area contributed by atoms with E-state index in [9.17, 15) is 9.59 Å². The van der Waals surface area contributed by atoms with E-state index in [0.717, 1.165) is 18.7 Å². The maximum Gasteiger partial charge on any atom is 0.356 e. The molecule has 2 bridgehead atoms. The van der Waals surface area contributed by atoms with E-state index in [2.05, 4.69) is 41.5 Å². The summed E-state index contributed by atoms with van der Waals surface area (Å²) in [4.78, 5) is 33.1. The number of fused-ring (bicyclic) bond motifs is 2. The first-order valence-electron chi connectivity index (χ1n) is 10.6. The third-order valence-electron chi connectivity index (χ3n) is 6.90. The van der Waals surface area contributed by atoms with Crippen LogP contribution in [0.4, 0.5) is 0 Å². The van der Waals surface area contributed by atoms with Crippen molar-refractivity contribution in [1.82, 2.24) is 14.8 Å². The van der Waals surface area contributed by atoms with E-state index in [-0.39, 0.29) is 23.7 Å². The van der Waals surface area contributed by atoms with Gasteiger partial charge in [0.1, 0.15) is 11.4 Å². The number of amides is 1. The maximum atomic E-state index is 13.0. The predicted octanol–water partition coefficient (Wildman–Crippen LogP) is 3.15. The van der Waals surface area contributed by atoms with E-state index < -0.39 is 5.97 Å². The molecule has 0 aliphatic carbocycles. The van der Waals surface area contributed by atoms with E-state index in [0.29, 0.717) is 18.2 Å². The lowest BCUT2D eigenvalue weighted by Gasteiger charge is -2.38. The van der Waals surface area contributed by atoms with Crippen LogP contribution in [0.3, 0.4) is 0 Å². The van der Waals surface area contributed by atoms with E-state index >= 15 is 0 Å². The number of ether oxygens (including phenoxy) is 2. The van der Waals surface area contributed by atoms with E-state index in [4.69, 9.17) is 4.74 Å². The Morgan fingerprint density at radius 1 is 1.06 bits per heavy atom. The van der Waals surface area contributed by atoms with Crippen LogP contribution >= 0.6 is 0 Å². The molecule has 2 fully saturated rings. The molecule has 0 radical (unpaired) electrons. The Hall–Kier alpha value is -2.93. The maximum absolute atomic E-state index is 13.0. The molecule has 31 heavy (non-hydrogen) atoms. The fraction of sp³-hybridized carbons (Fsp3) is 0.458. The Morgan fingerprint density at radius 3 is 2.42 bits per heavy atom. The van der Waals surface area contributed by atoms with Crippen molar-refractivity contribution in [2.24, 2.45) is 0 Å². The zero-order chi connectivity index (χ0) is 22.3. The van der Waals surface area contributed by atoms with Crippen LogP contribution in [0.5, 0.6) is 5.75 Å². The average Bonchev–Trinajstić information content (AvgIpc) is 3.40. The fourth-order valence-electron chi connectivity index (χ4n) is 5.00. The number of hydrogen-bond donors (Lipinski definition) is 0. The van der Waals surface area contributed by atoms with Crippen molar-refractivity contribution in [3.63, 3.8) is 0 Å². The van der Waals surface area contributed by atoms with Gasteiger partial charge in [-0.15, -0.1) is 0 Å². The van der Waals surface area contributed by atoms with Crippen LogP contribution in [0.2, 0.25) is 0 Å². The molecule has 0 saturated carbocycles. The second kappa shape index (κ2) is 8.30. The predicted molar refractivity (Wildman–Crippen MR) is 116 cm³/mol. The molecular weight excluding hydrogens is 394 g/mol. The third-order valence-corrected chi connectivity index (χ3v) is 6.90. The smallest absolute Gasteiger partial charge is 0.356 e. The number of aromatic nitrogens is 1. The minimum absolute atomic E-state index is 0.0276. The minimum Gasteiger partial charge on any atom is -0.496 e. The van der Waals surface area contributed by atoms with Crippen LogP contribution in [0.15, 0.2) is 30.5 Å². The summed E-state index contributed by atoms with van der Waals surface area (Å²) in [6.45, 7) is 8.06. The molecule has 164 valence electrons. The van der Waals surface area contributed by atoms with Gasteiger partial charge in [-0.2, -0.15) is 0 Å². The zero-order valence-corrected chi connectivity index (χ0v) is 18.7. The summed E-state index contributed by atoms with van der Waals surface area (Å²) in [5.41, 5.74) is 4.45. The van der Waals surface area contributed by atoms with Gasteiger partial charge in [0, 0.05) is 37.4 Å². The lowest BCUT2D eigenvalue weighted by atomic mass is 9.96. The summed E-state index contributed by atoms with van der Waals surface area (Å²) >= 11 is 0. The zero-order valence-electron chi connectivity index (χ0n) is 18.7. The van der Waals surface area contributed by atoms with Gasteiger partial charge in [0.25, 0.3) is 5.91 Å². The molecule has 2 aliphatic rings. The number of esters is 1. The Morgan fingerprint density at radius 2 is 1.84 bits per heavy atom. The number of methoxy groups -OCH3 is 2. The molecule has 0 spiro atoms. The van der Waals surface area contributed by atoms with Gasteiger partial charge in [0.15, 0.2) is 0 Å². The highest BCUT2D eigenvalue weighted by Gasteiger charge is 2.47. The van der Waals surface area contributed by atoms with Crippen molar-refractivity contribution in [3.05, 3.63) is 58.4 Å². The molecule has 7 heteroatoms. The summed E-state index contributed by atoms with van der Waals surface area (Å²) in [5, 5.41) is 0. The number of rotatable bonds is 5. The second-order valence-corrected chi connectivity index (χ2v) is 8.40. The van der Waals surface area contributed by atoms with E-state index in [1.807, 2.05) is 11.0 Å². The summed E-state index contributed by atoms with van der Waals surface area (Å²) in [6.07, 6.45) is 2.45. The van der Waals surface area contributed by atoms with Gasteiger partial charge in [-0.3, -0.25) is 9.69 Å². The van der Waals surface area contributed by atoms with E-state index in [1.165, 1.54) is 36.1 Å². The van der Waals surface area contributed by atoms with Gasteiger partial charge in [0.05, 0.1) is 19.8 Å². The van der Waals surface area contributed by atoms with Crippen LogP contribution < -0.4 is 4.74 Å². The van der Waals surface area contributed by atoms with Gasteiger partial charge in [-0.1, -0.05) is 6.07 Å². The van der Waals surface area contributed by atoms with Crippen molar-refractivity contribution in [2.45, 2.75) is 45.3 Å². The fourth-order valence-corrected chi connectivity index (χ4v) is 5.00. The molecule has 4 rings (SSSR count). The highest BCUT2D eigenvalue weighted by atomic mass is 16.5. The van der Waals surface area contributed by atoms with Crippen molar-refractivity contribution < 1.29 is 19.1 Å². The first kappa shape index (κ1) is 21.3. The first-order valence-corrected chi connectivity index (χ1v) is 10.6. The van der Waals surface area contributed by atoms with Crippen LogP contribution in [-0.4, -0.2) is 66.1 Å². The first-order chi connectivity index (χ1) is 14.8. The minimum atomic E-state index is -0.507. The normalized spacial score (nSPS) is 21.3. The van der Waals surface area contributed by atoms with Crippen molar-refractivity contribution in [3.8, 4) is 5.75 Å². The number of carbonyl (C=O) groups excluding carboxylic acids is 2. The molecule has 1 amide bonds. The molecule has 2 aliphatic heterocycles. The van der Waals surface area contributed by atoms with Gasteiger partial charge < -0.3 is 14.4 Å². The number of hydrogen-bond acceptors (Lipinski definition) is 6. The van der Waals surface area contributed by atoms with Gasteiger partial charge in [-0.05, 0) is 62.1 Å². The van der Waals surface area contributed by atoms with Crippen LogP contribution in [-0.2, 0) is 4.74 Å². The second-order valence-electron chi connectivity index (χ2n) is 8.40. The summed E-state index contributed by atoms with van der Waals surface area (Å²) < 4.78 is 10.1. The topological polar surface area (TPSA) is 72.0 Å². The van der Waals surface area contributed by atoms with Crippen molar-refractivity contribution in [1.29, 1.82) is 0 Å². The Bertz CT molecular complexity index is 1000. The molecule has 0 N–H and O–H groups in total. The molecule has 0 unspecified atom stereocenters. The molecule has 1 aromatic heterocycles. The molecule has 3 heterocycles. The standard InChI is InChI=1S/C24H29N3O4/c1-14-15(2)22(30-4)9-7-20(14)16(3)26-12-19-10-18(26)13-27(19)23(28)17-6-8-21(25-11-17)24(29)31-5/h6-9,11,16,18-19H,10,12-13H2,1-5H3/t16-,18-,19-/m0/s1. The van der Waals surface area contributed by atoms with Gasteiger partial charge in [-0.25, -0.2) is 9.78 Å². The number of benzene rings is 1. The molecule has 3 atom stereocenters. The Kier molecular flexibility index (Phi) is 5.71. The Labute approximate surface area is 183 Å². The molecule has 1 aromatic carbocycles. The number of nitrogens with zero attached hydrogens (tertiary/aromatic N) is 3. The van der Waals surface area contributed by atoms with Crippen molar-refractivity contribution >= 4 is 11.9 Å². The third kappa shape index (κ3) is 3.67. The Balaban J connectivity index is 1.46. The largest absolute Gasteiger partial charge is 0.496 e. The molecular formula is C24H29N3O4. The van der Waals surface area contributed by atoms with Crippen molar-refractivity contribution in [2.75, 3.05) is 27.3 Å². The number of carbonyl (C=O) groups is 2. The molecule has 7 nitrogen and oxygen atoms in total. The average molecular weight is 424 g/mol. The molecule has 2 saturated heterocycles. The SMILES string of the molecule is COC(=O)c1ccc(C(=O)N2C[C@@H]3C[C@H]2CN3[C@@H](C)c2ccc(OC)c(C)c2C)cn1. The highest BCUT2D eigenvalue weighted by Crippen LogP contribution is 2.39.